The molecule has 0 bridgehead atoms. The molecule has 0 spiro atoms. The van der Waals surface area contributed by atoms with Crippen molar-refractivity contribution in [2.45, 2.75) is 18.5 Å². The molecular formula is C11H12ClF3N2O5S. The molecule has 1 aromatic rings. The van der Waals surface area contributed by atoms with Crippen molar-refractivity contribution in [3.63, 3.8) is 0 Å². The molecule has 1 heterocycles. The van der Waals surface area contributed by atoms with Crippen molar-refractivity contribution in [1.29, 1.82) is 0 Å². The zero-order valence-electron chi connectivity index (χ0n) is 11.8. The fourth-order valence-corrected chi connectivity index (χ4v) is 2.26. The monoisotopic (exact) mass is 376 g/mol. The first-order valence-corrected chi connectivity index (χ1v) is 7.79. The van der Waals surface area contributed by atoms with Gasteiger partial charge in [-0.15, -0.1) is 0 Å². The van der Waals surface area contributed by atoms with Gasteiger partial charge >= 0.3 is 21.5 Å². The van der Waals surface area contributed by atoms with Crippen LogP contribution in [0.5, 0.6) is 5.75 Å². The van der Waals surface area contributed by atoms with Crippen molar-refractivity contribution in [2.24, 2.45) is 0 Å². The average molecular weight is 377 g/mol. The van der Waals surface area contributed by atoms with Gasteiger partial charge in [0, 0.05) is 0 Å². The van der Waals surface area contributed by atoms with Crippen LogP contribution in [0, 0.1) is 0 Å². The Morgan fingerprint density at radius 3 is 2.61 bits per heavy atom. The predicted octanol–water partition coefficient (Wildman–Crippen LogP) is 1.73. The van der Waals surface area contributed by atoms with E-state index < -0.39 is 34.1 Å². The number of alkyl halides is 3. The molecule has 0 amide bonds. The topological polar surface area (TPSA) is 94.6 Å². The first kappa shape index (κ1) is 19.5. The van der Waals surface area contributed by atoms with Crippen LogP contribution in [0.3, 0.4) is 0 Å². The van der Waals surface area contributed by atoms with E-state index in [9.17, 15) is 26.4 Å². The normalized spacial score (nSPS) is 13.5. The van der Waals surface area contributed by atoms with E-state index in [2.05, 4.69) is 9.72 Å². The highest BCUT2D eigenvalue weighted by Crippen LogP contribution is 2.22. The minimum absolute atomic E-state index is 0.00727. The van der Waals surface area contributed by atoms with Gasteiger partial charge in [0.05, 0.1) is 19.3 Å². The number of sulfonamides is 1. The number of ether oxygens (including phenoxy) is 2. The summed E-state index contributed by atoms with van der Waals surface area (Å²) < 4.78 is 69.5. The van der Waals surface area contributed by atoms with Crippen LogP contribution in [-0.2, 0) is 14.8 Å². The Bertz CT molecular complexity index is 681. The Balaban J connectivity index is 2.74. The third-order valence-corrected chi connectivity index (χ3v) is 4.00. The standard InChI is InChI=1S/C11H12ClF3N2O5S/c1-6(17-23(19,20)11(13,14)15)5-22-7-3-8(10(18)21-2)9(12)16-4-7/h3-4,6,17H,5H2,1-2H3. The number of esters is 1. The summed E-state index contributed by atoms with van der Waals surface area (Å²) in [4.78, 5) is 15.1. The number of rotatable bonds is 6. The number of pyridine rings is 1. The third-order valence-electron chi connectivity index (χ3n) is 2.38. The van der Waals surface area contributed by atoms with Crippen molar-refractivity contribution < 1.29 is 35.9 Å². The minimum atomic E-state index is -5.47. The SMILES string of the molecule is COC(=O)c1cc(OCC(C)NS(=O)(=O)C(F)(F)F)cnc1Cl. The number of carbonyl (C=O) groups is 1. The molecular weight excluding hydrogens is 365 g/mol. The lowest BCUT2D eigenvalue weighted by Gasteiger charge is -2.16. The smallest absolute Gasteiger partial charge is 0.490 e. The summed E-state index contributed by atoms with van der Waals surface area (Å²) in [6.45, 7) is 0.743. The molecule has 7 nitrogen and oxygen atoms in total. The molecule has 0 aliphatic heterocycles. The van der Waals surface area contributed by atoms with Gasteiger partial charge in [-0.05, 0) is 13.0 Å². The fourth-order valence-electron chi connectivity index (χ4n) is 1.35. The second-order valence-corrected chi connectivity index (χ2v) is 6.34. The number of hydrogen-bond acceptors (Lipinski definition) is 6. The molecule has 0 saturated carbocycles. The van der Waals surface area contributed by atoms with Crippen molar-refractivity contribution in [3.8, 4) is 5.75 Å². The molecule has 0 saturated heterocycles. The van der Waals surface area contributed by atoms with E-state index in [1.54, 1.807) is 0 Å². The zero-order chi connectivity index (χ0) is 17.8. The van der Waals surface area contributed by atoms with Gasteiger partial charge in [0.25, 0.3) is 0 Å². The third kappa shape index (κ3) is 5.22. The summed E-state index contributed by atoms with van der Waals surface area (Å²) in [5.41, 5.74) is -5.52. The van der Waals surface area contributed by atoms with Gasteiger partial charge in [0.15, 0.2) is 0 Å². The lowest BCUT2D eigenvalue weighted by Crippen LogP contribution is -2.43. The lowest BCUT2D eigenvalue weighted by atomic mass is 10.3. The Morgan fingerprint density at radius 1 is 1.48 bits per heavy atom. The Morgan fingerprint density at radius 2 is 2.09 bits per heavy atom. The number of halogens is 4. The maximum Gasteiger partial charge on any atom is 0.511 e. The van der Waals surface area contributed by atoms with Crippen LogP contribution >= 0.6 is 11.6 Å². The Labute approximate surface area is 134 Å². The minimum Gasteiger partial charge on any atom is -0.490 e. The van der Waals surface area contributed by atoms with Crippen molar-refractivity contribution >= 4 is 27.6 Å². The largest absolute Gasteiger partial charge is 0.511 e. The molecule has 1 aromatic heterocycles. The summed E-state index contributed by atoms with van der Waals surface area (Å²) in [7, 11) is -4.35. The maximum absolute atomic E-state index is 12.2. The molecule has 1 N–H and O–H groups in total. The highest BCUT2D eigenvalue weighted by molar-refractivity contribution is 7.90. The van der Waals surface area contributed by atoms with E-state index >= 15 is 0 Å². The van der Waals surface area contributed by atoms with Gasteiger partial charge in [-0.3, -0.25) is 0 Å². The Kier molecular flexibility index (Phi) is 6.19. The summed E-state index contributed by atoms with van der Waals surface area (Å²) in [6, 6.07) is -0.00883. The van der Waals surface area contributed by atoms with E-state index in [0.717, 1.165) is 13.3 Å². The van der Waals surface area contributed by atoms with E-state index in [-0.39, 0.29) is 16.5 Å². The number of hydrogen-bond donors (Lipinski definition) is 1. The van der Waals surface area contributed by atoms with Gasteiger partial charge in [0.2, 0.25) is 0 Å². The van der Waals surface area contributed by atoms with Crippen LogP contribution in [0.1, 0.15) is 17.3 Å². The van der Waals surface area contributed by atoms with Crippen LogP contribution in [0.4, 0.5) is 13.2 Å². The molecule has 0 aliphatic rings. The van der Waals surface area contributed by atoms with Crippen molar-refractivity contribution in [2.75, 3.05) is 13.7 Å². The van der Waals surface area contributed by atoms with E-state index in [4.69, 9.17) is 16.3 Å². The molecule has 130 valence electrons. The first-order valence-electron chi connectivity index (χ1n) is 5.93. The molecule has 0 aliphatic carbocycles. The molecule has 1 atom stereocenters. The molecule has 0 fully saturated rings. The molecule has 12 heteroatoms. The second-order valence-electron chi connectivity index (χ2n) is 4.28. The van der Waals surface area contributed by atoms with Crippen molar-refractivity contribution in [1.82, 2.24) is 9.71 Å². The highest BCUT2D eigenvalue weighted by atomic mass is 35.5. The zero-order valence-corrected chi connectivity index (χ0v) is 13.4. The van der Waals surface area contributed by atoms with Gasteiger partial charge in [0.1, 0.15) is 23.1 Å². The summed E-state index contributed by atoms with van der Waals surface area (Å²) >= 11 is 5.69. The molecule has 1 rings (SSSR count). The summed E-state index contributed by atoms with van der Waals surface area (Å²) in [6.07, 6.45) is 1.12. The van der Waals surface area contributed by atoms with E-state index in [1.807, 2.05) is 0 Å². The Hall–Kier alpha value is -1.59. The molecule has 23 heavy (non-hydrogen) atoms. The fraction of sp³-hybridized carbons (Fsp3) is 0.455. The number of aromatic nitrogens is 1. The van der Waals surface area contributed by atoms with Crippen LogP contribution in [0.25, 0.3) is 0 Å². The number of carbonyl (C=O) groups excluding carboxylic acids is 1. The van der Waals surface area contributed by atoms with Crippen molar-refractivity contribution in [3.05, 3.63) is 23.0 Å². The molecule has 0 aromatic carbocycles. The van der Waals surface area contributed by atoms with Crippen LogP contribution in [0.15, 0.2) is 12.3 Å². The predicted molar refractivity (Wildman–Crippen MR) is 73.7 cm³/mol. The van der Waals surface area contributed by atoms with Crippen LogP contribution in [0.2, 0.25) is 5.15 Å². The second kappa shape index (κ2) is 7.32. The van der Waals surface area contributed by atoms with Crippen LogP contribution < -0.4 is 9.46 Å². The highest BCUT2D eigenvalue weighted by Gasteiger charge is 2.46. The van der Waals surface area contributed by atoms with E-state index in [1.165, 1.54) is 17.7 Å². The molecule has 1 unspecified atom stereocenters. The van der Waals surface area contributed by atoms with Gasteiger partial charge in [-0.2, -0.15) is 13.2 Å². The summed E-state index contributed by atoms with van der Waals surface area (Å²) in [5.74, 6) is -0.772. The first-order chi connectivity index (χ1) is 10.5. The number of nitrogens with zero attached hydrogens (tertiary/aromatic N) is 1. The number of methoxy groups -OCH3 is 1. The van der Waals surface area contributed by atoms with Gasteiger partial charge in [-0.1, -0.05) is 11.6 Å². The van der Waals surface area contributed by atoms with Gasteiger partial charge in [-0.25, -0.2) is 22.9 Å². The molecule has 0 radical (unpaired) electrons. The lowest BCUT2D eigenvalue weighted by molar-refractivity contribution is -0.0451. The quantitative estimate of drug-likeness (QED) is 0.600. The number of nitrogens with one attached hydrogen (secondary N) is 1. The van der Waals surface area contributed by atoms with E-state index in [0.29, 0.717) is 0 Å². The van der Waals surface area contributed by atoms with Crippen LogP contribution in [-0.4, -0.2) is 44.6 Å². The average Bonchev–Trinajstić information content (AvgIpc) is 2.44. The van der Waals surface area contributed by atoms with Gasteiger partial charge < -0.3 is 9.47 Å². The maximum atomic E-state index is 12.2. The summed E-state index contributed by atoms with van der Waals surface area (Å²) in [5, 5.41) is -0.143.